The van der Waals surface area contributed by atoms with Crippen LogP contribution in [0.2, 0.25) is 0 Å². The first-order chi connectivity index (χ1) is 11.3. The Morgan fingerprint density at radius 3 is 2.43 bits per heavy atom. The van der Waals surface area contributed by atoms with E-state index >= 15 is 0 Å². The number of furan rings is 1. The Balaban J connectivity index is 1.65. The molecule has 1 aromatic carbocycles. The van der Waals surface area contributed by atoms with E-state index in [-0.39, 0.29) is 6.61 Å². The lowest BCUT2D eigenvalue weighted by Gasteiger charge is -2.10. The van der Waals surface area contributed by atoms with Crippen molar-refractivity contribution in [2.45, 2.75) is 25.9 Å². The van der Waals surface area contributed by atoms with E-state index in [0.717, 1.165) is 49.6 Å². The molecule has 1 aromatic heterocycles. The summed E-state index contributed by atoms with van der Waals surface area (Å²) in [5.41, 5.74) is 1.22. The molecule has 1 heterocycles. The van der Waals surface area contributed by atoms with Crippen LogP contribution in [-0.4, -0.2) is 32.4 Å². The van der Waals surface area contributed by atoms with Crippen molar-refractivity contribution in [3.8, 4) is 11.5 Å². The predicted octanol–water partition coefficient (Wildman–Crippen LogP) is 2.55. The maximum absolute atomic E-state index is 8.95. The van der Waals surface area contributed by atoms with Gasteiger partial charge in [0.25, 0.3) is 0 Å². The fraction of sp³-hybridized carbons (Fsp3) is 0.444. The molecule has 0 unspecified atom stereocenters. The van der Waals surface area contributed by atoms with Gasteiger partial charge in [-0.1, -0.05) is 6.07 Å². The zero-order chi connectivity index (χ0) is 16.5. The van der Waals surface area contributed by atoms with Crippen LogP contribution in [0.4, 0.5) is 0 Å². The normalized spacial score (nSPS) is 10.7. The third-order valence-corrected chi connectivity index (χ3v) is 3.69. The van der Waals surface area contributed by atoms with Crippen LogP contribution in [0.25, 0.3) is 0 Å². The Hall–Kier alpha value is -1.98. The van der Waals surface area contributed by atoms with Crippen LogP contribution in [0.15, 0.2) is 34.7 Å². The zero-order valence-corrected chi connectivity index (χ0v) is 13.8. The lowest BCUT2D eigenvalue weighted by atomic mass is 10.1. The van der Waals surface area contributed by atoms with Gasteiger partial charge in [0.1, 0.15) is 18.1 Å². The van der Waals surface area contributed by atoms with Gasteiger partial charge in [-0.15, -0.1) is 0 Å². The van der Waals surface area contributed by atoms with Crippen molar-refractivity contribution in [3.63, 3.8) is 0 Å². The van der Waals surface area contributed by atoms with E-state index in [1.54, 1.807) is 14.2 Å². The van der Waals surface area contributed by atoms with E-state index in [1.165, 1.54) is 5.56 Å². The van der Waals surface area contributed by atoms with Crippen molar-refractivity contribution in [2.75, 3.05) is 27.3 Å². The molecule has 0 saturated carbocycles. The van der Waals surface area contributed by atoms with Gasteiger partial charge in [-0.25, -0.2) is 0 Å². The number of aryl methyl sites for hydroxylation is 1. The lowest BCUT2D eigenvalue weighted by Crippen LogP contribution is -2.19. The number of ether oxygens (including phenoxy) is 2. The van der Waals surface area contributed by atoms with Crippen LogP contribution in [0.1, 0.15) is 23.5 Å². The molecule has 5 heteroatoms. The first-order valence-electron chi connectivity index (χ1n) is 7.87. The molecular weight excluding hydrogens is 294 g/mol. The first kappa shape index (κ1) is 17.4. The lowest BCUT2D eigenvalue weighted by molar-refractivity contribution is 0.243. The van der Waals surface area contributed by atoms with Crippen molar-refractivity contribution in [3.05, 3.63) is 47.4 Å². The maximum Gasteiger partial charge on any atom is 0.160 e. The molecule has 2 aromatic rings. The number of aliphatic hydroxyl groups excluding tert-OH is 1. The van der Waals surface area contributed by atoms with Crippen LogP contribution in [0.3, 0.4) is 0 Å². The standard InChI is InChI=1S/C18H25NO4/c1-21-17-8-5-14(12-18(17)22-2)9-11-19-10-3-4-15-6-7-16(13-20)23-15/h5-8,12,19-20H,3-4,9-11,13H2,1-2H3. The average Bonchev–Trinajstić information content (AvgIpc) is 3.05. The van der Waals surface area contributed by atoms with Crippen LogP contribution in [0.5, 0.6) is 11.5 Å². The molecule has 2 N–H and O–H groups in total. The summed E-state index contributed by atoms with van der Waals surface area (Å²) in [6.45, 7) is 1.81. The Labute approximate surface area is 137 Å². The summed E-state index contributed by atoms with van der Waals surface area (Å²) in [6.07, 6.45) is 2.82. The van der Waals surface area contributed by atoms with Gasteiger partial charge >= 0.3 is 0 Å². The third-order valence-electron chi connectivity index (χ3n) is 3.69. The smallest absolute Gasteiger partial charge is 0.160 e. The molecule has 0 bridgehead atoms. The molecule has 0 atom stereocenters. The Bertz CT molecular complexity index is 594. The number of hydrogen-bond acceptors (Lipinski definition) is 5. The minimum Gasteiger partial charge on any atom is -0.493 e. The van der Waals surface area contributed by atoms with Gasteiger partial charge in [-0.05, 0) is 55.8 Å². The van der Waals surface area contributed by atoms with E-state index in [9.17, 15) is 0 Å². The minimum atomic E-state index is -0.0381. The summed E-state index contributed by atoms with van der Waals surface area (Å²) in [5.74, 6) is 3.07. The second kappa shape index (κ2) is 9.22. The molecule has 0 amide bonds. The van der Waals surface area contributed by atoms with E-state index in [1.807, 2.05) is 24.3 Å². The summed E-state index contributed by atoms with van der Waals surface area (Å²) in [7, 11) is 3.29. The quantitative estimate of drug-likeness (QED) is 0.659. The minimum absolute atomic E-state index is 0.0381. The van der Waals surface area contributed by atoms with E-state index in [2.05, 4.69) is 11.4 Å². The Kier molecular flexibility index (Phi) is 6.97. The Morgan fingerprint density at radius 1 is 0.957 bits per heavy atom. The number of hydrogen-bond donors (Lipinski definition) is 2. The fourth-order valence-electron chi connectivity index (χ4n) is 2.42. The first-order valence-corrected chi connectivity index (χ1v) is 7.87. The second-order valence-electron chi connectivity index (χ2n) is 5.32. The van der Waals surface area contributed by atoms with Crippen molar-refractivity contribution < 1.29 is 19.0 Å². The van der Waals surface area contributed by atoms with Crippen LogP contribution < -0.4 is 14.8 Å². The zero-order valence-electron chi connectivity index (χ0n) is 13.8. The van der Waals surface area contributed by atoms with Crippen LogP contribution in [-0.2, 0) is 19.4 Å². The van der Waals surface area contributed by atoms with Crippen molar-refractivity contribution in [1.29, 1.82) is 0 Å². The number of aliphatic hydroxyl groups is 1. The summed E-state index contributed by atoms with van der Waals surface area (Å²) >= 11 is 0. The molecule has 0 radical (unpaired) electrons. The summed E-state index contributed by atoms with van der Waals surface area (Å²) < 4.78 is 16.0. The van der Waals surface area contributed by atoms with Gasteiger partial charge < -0.3 is 24.3 Å². The molecular formula is C18H25NO4. The molecule has 0 spiro atoms. The number of rotatable bonds is 10. The largest absolute Gasteiger partial charge is 0.493 e. The van der Waals surface area contributed by atoms with Crippen LogP contribution >= 0.6 is 0 Å². The number of methoxy groups -OCH3 is 2. The molecule has 2 rings (SSSR count). The molecule has 0 saturated heterocycles. The third kappa shape index (κ3) is 5.30. The Morgan fingerprint density at radius 2 is 1.74 bits per heavy atom. The molecule has 23 heavy (non-hydrogen) atoms. The fourth-order valence-corrected chi connectivity index (χ4v) is 2.42. The molecule has 126 valence electrons. The molecule has 0 aliphatic rings. The molecule has 0 aliphatic heterocycles. The number of benzene rings is 1. The van der Waals surface area contributed by atoms with Gasteiger partial charge in [0, 0.05) is 6.42 Å². The van der Waals surface area contributed by atoms with Gasteiger partial charge in [0.05, 0.1) is 14.2 Å². The monoisotopic (exact) mass is 319 g/mol. The van der Waals surface area contributed by atoms with Gasteiger partial charge in [-0.3, -0.25) is 0 Å². The van der Waals surface area contributed by atoms with Crippen molar-refractivity contribution in [1.82, 2.24) is 5.32 Å². The highest BCUT2D eigenvalue weighted by atomic mass is 16.5. The SMILES string of the molecule is COc1ccc(CCNCCCc2ccc(CO)o2)cc1OC. The van der Waals surface area contributed by atoms with Crippen molar-refractivity contribution >= 4 is 0 Å². The summed E-state index contributed by atoms with van der Waals surface area (Å²) in [4.78, 5) is 0. The van der Waals surface area contributed by atoms with Crippen molar-refractivity contribution in [2.24, 2.45) is 0 Å². The molecule has 0 aliphatic carbocycles. The summed E-state index contributed by atoms with van der Waals surface area (Å²) in [5, 5.41) is 12.4. The highest BCUT2D eigenvalue weighted by molar-refractivity contribution is 5.42. The van der Waals surface area contributed by atoms with E-state index in [4.69, 9.17) is 19.0 Å². The average molecular weight is 319 g/mol. The van der Waals surface area contributed by atoms with Gasteiger partial charge in [-0.2, -0.15) is 0 Å². The maximum atomic E-state index is 8.95. The predicted molar refractivity (Wildman–Crippen MR) is 89.1 cm³/mol. The highest BCUT2D eigenvalue weighted by Gasteiger charge is 2.04. The topological polar surface area (TPSA) is 63.9 Å². The van der Waals surface area contributed by atoms with E-state index < -0.39 is 0 Å². The second-order valence-corrected chi connectivity index (χ2v) is 5.32. The number of nitrogens with one attached hydrogen (secondary N) is 1. The highest BCUT2D eigenvalue weighted by Crippen LogP contribution is 2.27. The van der Waals surface area contributed by atoms with E-state index in [0.29, 0.717) is 5.76 Å². The molecule has 5 nitrogen and oxygen atoms in total. The summed E-state index contributed by atoms with van der Waals surface area (Å²) in [6, 6.07) is 9.75. The van der Waals surface area contributed by atoms with Gasteiger partial charge in [0.2, 0.25) is 0 Å². The van der Waals surface area contributed by atoms with Gasteiger partial charge in [0.15, 0.2) is 11.5 Å². The van der Waals surface area contributed by atoms with Crippen LogP contribution in [0, 0.1) is 0 Å². The molecule has 0 fully saturated rings.